The van der Waals surface area contributed by atoms with Crippen molar-refractivity contribution in [3.05, 3.63) is 78.6 Å². The van der Waals surface area contributed by atoms with Gasteiger partial charge in [-0.2, -0.15) is 0 Å². The third kappa shape index (κ3) is 5.17. The number of nitrogens with one attached hydrogen (secondary N) is 1. The number of rotatable bonds is 4. The van der Waals surface area contributed by atoms with Crippen LogP contribution in [0.25, 0.3) is 22.2 Å². The first-order valence-corrected chi connectivity index (χ1v) is 10.8. The van der Waals surface area contributed by atoms with E-state index in [1.807, 2.05) is 48.5 Å². The number of hydrogen-bond acceptors (Lipinski definition) is 6. The van der Waals surface area contributed by atoms with Crippen molar-refractivity contribution >= 4 is 34.6 Å². The lowest BCUT2D eigenvalue weighted by Crippen LogP contribution is -2.26. The van der Waals surface area contributed by atoms with Gasteiger partial charge in [0.2, 0.25) is 0 Å². The Morgan fingerprint density at radius 3 is 2.44 bits per heavy atom. The summed E-state index contributed by atoms with van der Waals surface area (Å²) in [5, 5.41) is 3.32. The summed E-state index contributed by atoms with van der Waals surface area (Å²) in [4.78, 5) is 29.6. The SMILES string of the molecule is CC(C)(C)OC(=O)n1cc(-c2ccccc2N)c2cc(NC(=O)OCc3ccccc3)cnc21. The van der Waals surface area contributed by atoms with E-state index in [9.17, 15) is 9.59 Å². The Kier molecular flexibility index (Phi) is 6.23. The fourth-order valence-electron chi connectivity index (χ4n) is 3.46. The standard InChI is InChI=1S/C26H26N4O4/c1-26(2,3)34-25(32)30-15-21(19-11-7-8-12-22(19)27)20-13-18(14-28-23(20)30)29-24(31)33-16-17-9-5-4-6-10-17/h4-15H,16,27H2,1-3H3,(H,29,31). The van der Waals surface area contributed by atoms with Crippen LogP contribution in [0.3, 0.4) is 0 Å². The number of amides is 1. The smallest absolute Gasteiger partial charge is 0.420 e. The molecule has 0 aliphatic rings. The fourth-order valence-corrected chi connectivity index (χ4v) is 3.46. The Morgan fingerprint density at radius 1 is 1.03 bits per heavy atom. The Labute approximate surface area is 197 Å². The van der Waals surface area contributed by atoms with Gasteiger partial charge in [0.15, 0.2) is 0 Å². The molecule has 4 rings (SSSR count). The van der Waals surface area contributed by atoms with Gasteiger partial charge in [0, 0.05) is 28.4 Å². The molecular weight excluding hydrogens is 432 g/mol. The van der Waals surface area contributed by atoms with Gasteiger partial charge in [0.05, 0.1) is 11.9 Å². The summed E-state index contributed by atoms with van der Waals surface area (Å²) in [5.41, 5.74) is 9.19. The highest BCUT2D eigenvalue weighted by atomic mass is 16.6. The summed E-state index contributed by atoms with van der Waals surface area (Å²) in [7, 11) is 0. The van der Waals surface area contributed by atoms with Crippen LogP contribution >= 0.6 is 0 Å². The van der Waals surface area contributed by atoms with Gasteiger partial charge < -0.3 is 15.2 Å². The first-order valence-electron chi connectivity index (χ1n) is 10.8. The molecule has 0 saturated heterocycles. The average Bonchev–Trinajstić information content (AvgIpc) is 3.16. The second-order valence-corrected chi connectivity index (χ2v) is 8.76. The number of aromatic nitrogens is 2. The zero-order valence-electron chi connectivity index (χ0n) is 19.2. The fraction of sp³-hybridized carbons (Fsp3) is 0.192. The number of carbonyl (C=O) groups is 2. The summed E-state index contributed by atoms with van der Waals surface area (Å²) in [5.74, 6) is 0. The van der Waals surface area contributed by atoms with E-state index in [2.05, 4.69) is 10.3 Å². The Bertz CT molecular complexity index is 1340. The Hall–Kier alpha value is -4.33. The van der Waals surface area contributed by atoms with Crippen LogP contribution < -0.4 is 11.1 Å². The van der Waals surface area contributed by atoms with Crippen LogP contribution in [0.4, 0.5) is 21.0 Å². The predicted molar refractivity (Wildman–Crippen MR) is 131 cm³/mol. The van der Waals surface area contributed by atoms with E-state index in [4.69, 9.17) is 15.2 Å². The van der Waals surface area contributed by atoms with Crippen LogP contribution in [0.15, 0.2) is 73.1 Å². The number of carbonyl (C=O) groups excluding carboxylic acids is 2. The molecule has 0 atom stereocenters. The quantitative estimate of drug-likeness (QED) is 0.373. The van der Waals surface area contributed by atoms with E-state index >= 15 is 0 Å². The van der Waals surface area contributed by atoms with Crippen molar-refractivity contribution < 1.29 is 19.1 Å². The molecule has 0 spiro atoms. The molecule has 2 heterocycles. The van der Waals surface area contributed by atoms with Crippen molar-refractivity contribution in [1.29, 1.82) is 0 Å². The van der Waals surface area contributed by atoms with Crippen molar-refractivity contribution in [3.8, 4) is 11.1 Å². The lowest BCUT2D eigenvalue weighted by atomic mass is 10.0. The van der Waals surface area contributed by atoms with Gasteiger partial charge in [0.25, 0.3) is 0 Å². The van der Waals surface area contributed by atoms with Crippen molar-refractivity contribution in [1.82, 2.24) is 9.55 Å². The number of benzene rings is 2. The van der Waals surface area contributed by atoms with Crippen LogP contribution in [-0.2, 0) is 16.1 Å². The molecule has 1 amide bonds. The summed E-state index contributed by atoms with van der Waals surface area (Å²) in [6.45, 7) is 5.53. The Morgan fingerprint density at radius 2 is 1.74 bits per heavy atom. The van der Waals surface area contributed by atoms with Crippen molar-refractivity contribution in [2.24, 2.45) is 0 Å². The van der Waals surface area contributed by atoms with E-state index < -0.39 is 17.8 Å². The van der Waals surface area contributed by atoms with E-state index in [0.29, 0.717) is 28.0 Å². The minimum atomic E-state index is -0.677. The minimum Gasteiger partial charge on any atom is -0.444 e. The molecule has 8 heteroatoms. The molecular formula is C26H26N4O4. The molecule has 4 aromatic rings. The lowest BCUT2D eigenvalue weighted by molar-refractivity contribution is 0.0543. The van der Waals surface area contributed by atoms with Crippen LogP contribution in [-0.4, -0.2) is 27.3 Å². The summed E-state index contributed by atoms with van der Waals surface area (Å²) < 4.78 is 12.2. The molecule has 174 valence electrons. The van der Waals surface area contributed by atoms with Gasteiger partial charge >= 0.3 is 12.2 Å². The molecule has 2 aromatic carbocycles. The largest absolute Gasteiger partial charge is 0.444 e. The third-order valence-corrected chi connectivity index (χ3v) is 4.94. The maximum absolute atomic E-state index is 12.9. The van der Waals surface area contributed by atoms with Crippen molar-refractivity contribution in [2.75, 3.05) is 11.1 Å². The molecule has 0 fully saturated rings. The van der Waals surface area contributed by atoms with Crippen molar-refractivity contribution in [2.45, 2.75) is 33.0 Å². The van der Waals surface area contributed by atoms with Gasteiger partial charge in [0.1, 0.15) is 17.9 Å². The van der Waals surface area contributed by atoms with Gasteiger partial charge in [-0.1, -0.05) is 48.5 Å². The number of pyridine rings is 1. The highest BCUT2D eigenvalue weighted by molar-refractivity contribution is 6.02. The summed E-state index contributed by atoms with van der Waals surface area (Å²) in [6.07, 6.45) is 1.94. The predicted octanol–water partition coefficient (Wildman–Crippen LogP) is 5.82. The monoisotopic (exact) mass is 458 g/mol. The first-order chi connectivity index (χ1) is 16.2. The molecule has 34 heavy (non-hydrogen) atoms. The zero-order chi connectivity index (χ0) is 24.3. The molecule has 3 N–H and O–H groups in total. The number of para-hydroxylation sites is 1. The molecule has 8 nitrogen and oxygen atoms in total. The molecule has 0 bridgehead atoms. The average molecular weight is 459 g/mol. The second kappa shape index (κ2) is 9.27. The molecule has 0 aliphatic heterocycles. The highest BCUT2D eigenvalue weighted by Crippen LogP contribution is 2.34. The number of nitrogens with zero attached hydrogens (tertiary/aromatic N) is 2. The summed E-state index contributed by atoms with van der Waals surface area (Å²) in [6, 6.07) is 18.5. The van der Waals surface area contributed by atoms with Crippen LogP contribution in [0.2, 0.25) is 0 Å². The van der Waals surface area contributed by atoms with Gasteiger partial charge in [-0.25, -0.2) is 19.1 Å². The Balaban J connectivity index is 1.67. The number of nitrogens with two attached hydrogens (primary N) is 1. The zero-order valence-corrected chi connectivity index (χ0v) is 19.2. The molecule has 2 aromatic heterocycles. The van der Waals surface area contributed by atoms with Crippen LogP contribution in [0.5, 0.6) is 0 Å². The van der Waals surface area contributed by atoms with Crippen molar-refractivity contribution in [3.63, 3.8) is 0 Å². The molecule has 0 unspecified atom stereocenters. The number of hydrogen-bond donors (Lipinski definition) is 2. The maximum Gasteiger partial charge on any atom is 0.420 e. The first kappa shape index (κ1) is 22.8. The number of anilines is 2. The second-order valence-electron chi connectivity index (χ2n) is 8.76. The minimum absolute atomic E-state index is 0.142. The molecule has 0 aliphatic carbocycles. The maximum atomic E-state index is 12.9. The third-order valence-electron chi connectivity index (χ3n) is 4.94. The van der Waals surface area contributed by atoms with E-state index in [0.717, 1.165) is 11.1 Å². The topological polar surface area (TPSA) is 108 Å². The molecule has 0 radical (unpaired) electrons. The number of nitrogen functional groups attached to an aromatic ring is 1. The number of ether oxygens (including phenoxy) is 2. The summed E-state index contributed by atoms with van der Waals surface area (Å²) >= 11 is 0. The molecule has 0 saturated carbocycles. The van der Waals surface area contributed by atoms with Crippen LogP contribution in [0, 0.1) is 0 Å². The number of fused-ring (bicyclic) bond motifs is 1. The van der Waals surface area contributed by atoms with Gasteiger partial charge in [-0.3, -0.25) is 5.32 Å². The van der Waals surface area contributed by atoms with E-state index in [1.54, 1.807) is 39.1 Å². The normalized spacial score (nSPS) is 11.3. The van der Waals surface area contributed by atoms with Crippen LogP contribution in [0.1, 0.15) is 26.3 Å². The van der Waals surface area contributed by atoms with E-state index in [-0.39, 0.29) is 6.61 Å². The van der Waals surface area contributed by atoms with E-state index in [1.165, 1.54) is 10.8 Å². The lowest BCUT2D eigenvalue weighted by Gasteiger charge is -2.19. The van der Waals surface area contributed by atoms with Gasteiger partial charge in [-0.05, 0) is 38.5 Å². The highest BCUT2D eigenvalue weighted by Gasteiger charge is 2.23. The van der Waals surface area contributed by atoms with Gasteiger partial charge in [-0.15, -0.1) is 0 Å².